The predicted octanol–water partition coefficient (Wildman–Crippen LogP) is 5.79. The molecule has 0 atom stereocenters. The third-order valence-electron chi connectivity index (χ3n) is 2.96. The third kappa shape index (κ3) is 3.68. The van der Waals surface area contributed by atoms with Crippen LogP contribution in [0.15, 0.2) is 39.3 Å². The number of methoxy groups -OCH3 is 1. The number of hydrogen-bond acceptors (Lipinski definition) is 2. The first-order valence-electron chi connectivity index (χ1n) is 6.03. The van der Waals surface area contributed by atoms with Gasteiger partial charge in [-0.15, -0.1) is 0 Å². The maximum absolute atomic E-state index is 6.16. The van der Waals surface area contributed by atoms with Crippen LogP contribution in [0.3, 0.4) is 0 Å². The van der Waals surface area contributed by atoms with Crippen LogP contribution < -0.4 is 10.1 Å². The molecule has 0 aromatic heterocycles. The Morgan fingerprint density at radius 1 is 1.20 bits per heavy atom. The molecule has 2 aromatic rings. The molecule has 0 radical (unpaired) electrons. The maximum Gasteiger partial charge on any atom is 0.123 e. The van der Waals surface area contributed by atoms with E-state index in [2.05, 4.69) is 37.2 Å². The molecule has 0 aliphatic heterocycles. The Labute approximate surface area is 140 Å². The van der Waals surface area contributed by atoms with E-state index in [1.165, 1.54) is 0 Å². The van der Waals surface area contributed by atoms with Gasteiger partial charge < -0.3 is 10.1 Å². The summed E-state index contributed by atoms with van der Waals surface area (Å²) in [6, 6.07) is 9.86. The minimum absolute atomic E-state index is 0.653. The normalized spacial score (nSPS) is 10.4. The number of nitrogens with one attached hydrogen (secondary N) is 1. The number of rotatable bonds is 4. The summed E-state index contributed by atoms with van der Waals surface area (Å²) in [5.74, 6) is 0.857. The quantitative estimate of drug-likeness (QED) is 0.677. The monoisotopic (exact) mass is 417 g/mol. The zero-order valence-corrected chi connectivity index (χ0v) is 15.1. The summed E-state index contributed by atoms with van der Waals surface area (Å²) in [5.41, 5.74) is 3.08. The molecule has 0 aliphatic carbocycles. The minimum atomic E-state index is 0.653. The van der Waals surface area contributed by atoms with Crippen molar-refractivity contribution in [3.63, 3.8) is 0 Å². The molecule has 0 aliphatic rings. The Kier molecular flexibility index (Phi) is 5.35. The van der Waals surface area contributed by atoms with Crippen LogP contribution in [-0.2, 0) is 6.54 Å². The van der Waals surface area contributed by atoms with Gasteiger partial charge in [-0.25, -0.2) is 0 Å². The van der Waals surface area contributed by atoms with Gasteiger partial charge in [-0.05, 0) is 58.7 Å². The van der Waals surface area contributed by atoms with Gasteiger partial charge >= 0.3 is 0 Å². The lowest BCUT2D eigenvalue weighted by Crippen LogP contribution is -2.02. The number of halogens is 3. The van der Waals surface area contributed by atoms with Crippen molar-refractivity contribution in [3.8, 4) is 5.75 Å². The summed E-state index contributed by atoms with van der Waals surface area (Å²) in [6.45, 7) is 2.63. The highest BCUT2D eigenvalue weighted by molar-refractivity contribution is 9.10. The Morgan fingerprint density at radius 3 is 2.65 bits per heavy atom. The van der Waals surface area contributed by atoms with E-state index in [1.54, 1.807) is 7.11 Å². The molecule has 106 valence electrons. The second-order valence-electron chi connectivity index (χ2n) is 4.39. The predicted molar refractivity (Wildman–Crippen MR) is 91.9 cm³/mol. The molecular formula is C15H14Br2ClNO. The number of hydrogen-bond donors (Lipinski definition) is 1. The summed E-state index contributed by atoms with van der Waals surface area (Å²) in [4.78, 5) is 0. The molecule has 0 amide bonds. The lowest BCUT2D eigenvalue weighted by molar-refractivity contribution is 0.410. The van der Waals surface area contributed by atoms with E-state index < -0.39 is 0 Å². The summed E-state index contributed by atoms with van der Waals surface area (Å²) in [7, 11) is 1.67. The van der Waals surface area contributed by atoms with Crippen LogP contribution in [0.1, 0.15) is 11.1 Å². The SMILES string of the molecule is COc1ccc(Br)cc1CNc1cc(Cl)c(C)cc1Br. The molecule has 0 fully saturated rings. The minimum Gasteiger partial charge on any atom is -0.496 e. The fourth-order valence-electron chi connectivity index (χ4n) is 1.86. The molecule has 0 heterocycles. The van der Waals surface area contributed by atoms with E-state index in [0.717, 1.165) is 36.5 Å². The largest absolute Gasteiger partial charge is 0.496 e. The summed E-state index contributed by atoms with van der Waals surface area (Å²) < 4.78 is 7.38. The molecule has 0 saturated heterocycles. The highest BCUT2D eigenvalue weighted by Crippen LogP contribution is 2.30. The van der Waals surface area contributed by atoms with Crippen molar-refractivity contribution in [2.24, 2.45) is 0 Å². The van der Waals surface area contributed by atoms with Crippen molar-refractivity contribution in [2.75, 3.05) is 12.4 Å². The van der Waals surface area contributed by atoms with Crippen molar-refractivity contribution in [3.05, 3.63) is 55.4 Å². The average Bonchev–Trinajstić information content (AvgIpc) is 2.41. The van der Waals surface area contributed by atoms with Crippen LogP contribution in [-0.4, -0.2) is 7.11 Å². The molecule has 20 heavy (non-hydrogen) atoms. The first kappa shape index (κ1) is 15.7. The van der Waals surface area contributed by atoms with Crippen molar-refractivity contribution in [2.45, 2.75) is 13.5 Å². The van der Waals surface area contributed by atoms with Crippen LogP contribution >= 0.6 is 43.5 Å². The summed E-state index contributed by atoms with van der Waals surface area (Å²) >= 11 is 13.2. The van der Waals surface area contributed by atoms with E-state index in [1.807, 2.05) is 37.3 Å². The van der Waals surface area contributed by atoms with Crippen LogP contribution in [0.5, 0.6) is 5.75 Å². The first-order valence-corrected chi connectivity index (χ1v) is 7.99. The lowest BCUT2D eigenvalue weighted by atomic mass is 10.2. The zero-order chi connectivity index (χ0) is 14.7. The zero-order valence-electron chi connectivity index (χ0n) is 11.1. The highest BCUT2D eigenvalue weighted by atomic mass is 79.9. The Morgan fingerprint density at radius 2 is 1.95 bits per heavy atom. The fourth-order valence-corrected chi connectivity index (χ4v) is 3.03. The lowest BCUT2D eigenvalue weighted by Gasteiger charge is -2.13. The van der Waals surface area contributed by atoms with Gasteiger partial charge in [0.2, 0.25) is 0 Å². The van der Waals surface area contributed by atoms with Crippen LogP contribution in [0.25, 0.3) is 0 Å². The molecule has 0 spiro atoms. The third-order valence-corrected chi connectivity index (χ3v) is 4.52. The van der Waals surface area contributed by atoms with E-state index >= 15 is 0 Å². The molecule has 2 aromatic carbocycles. The molecule has 2 nitrogen and oxygen atoms in total. The van der Waals surface area contributed by atoms with E-state index in [4.69, 9.17) is 16.3 Å². The fraction of sp³-hybridized carbons (Fsp3) is 0.200. The van der Waals surface area contributed by atoms with Crippen LogP contribution in [0.2, 0.25) is 5.02 Å². The summed E-state index contributed by atoms with van der Waals surface area (Å²) in [6.07, 6.45) is 0. The average molecular weight is 420 g/mol. The standard InChI is InChI=1S/C15H14Br2ClNO/c1-9-5-12(17)14(7-13(9)18)19-8-10-6-11(16)3-4-15(10)20-2/h3-7,19H,8H2,1-2H3. The van der Waals surface area contributed by atoms with Gasteiger partial charge in [-0.2, -0.15) is 0 Å². The molecule has 5 heteroatoms. The Balaban J connectivity index is 2.21. The van der Waals surface area contributed by atoms with Gasteiger partial charge in [0.05, 0.1) is 12.8 Å². The van der Waals surface area contributed by atoms with Gasteiger partial charge in [0, 0.05) is 26.1 Å². The first-order chi connectivity index (χ1) is 9.51. The summed E-state index contributed by atoms with van der Waals surface area (Å²) in [5, 5.41) is 4.11. The van der Waals surface area contributed by atoms with Gasteiger partial charge in [-0.1, -0.05) is 27.5 Å². The van der Waals surface area contributed by atoms with Crippen LogP contribution in [0.4, 0.5) is 5.69 Å². The molecule has 1 N–H and O–H groups in total. The maximum atomic E-state index is 6.16. The number of aryl methyl sites for hydroxylation is 1. The van der Waals surface area contributed by atoms with Crippen LogP contribution in [0, 0.1) is 6.92 Å². The molecule has 0 unspecified atom stereocenters. The van der Waals surface area contributed by atoms with E-state index in [0.29, 0.717) is 6.54 Å². The molecule has 0 bridgehead atoms. The smallest absolute Gasteiger partial charge is 0.123 e. The van der Waals surface area contributed by atoms with Crippen molar-refractivity contribution < 1.29 is 4.74 Å². The van der Waals surface area contributed by atoms with Gasteiger partial charge in [0.1, 0.15) is 5.75 Å². The van der Waals surface area contributed by atoms with Gasteiger partial charge in [0.15, 0.2) is 0 Å². The number of benzene rings is 2. The molecular weight excluding hydrogens is 405 g/mol. The molecule has 0 saturated carbocycles. The van der Waals surface area contributed by atoms with E-state index in [9.17, 15) is 0 Å². The number of ether oxygens (including phenoxy) is 1. The second-order valence-corrected chi connectivity index (χ2v) is 6.57. The van der Waals surface area contributed by atoms with Crippen molar-refractivity contribution in [1.82, 2.24) is 0 Å². The number of anilines is 1. The van der Waals surface area contributed by atoms with Crippen molar-refractivity contribution in [1.29, 1.82) is 0 Å². The molecule has 2 rings (SSSR count). The van der Waals surface area contributed by atoms with E-state index in [-0.39, 0.29) is 0 Å². The van der Waals surface area contributed by atoms with Gasteiger partial charge in [0.25, 0.3) is 0 Å². The second kappa shape index (κ2) is 6.83. The highest BCUT2D eigenvalue weighted by Gasteiger charge is 2.07. The van der Waals surface area contributed by atoms with Gasteiger partial charge in [-0.3, -0.25) is 0 Å². The topological polar surface area (TPSA) is 21.3 Å². The van der Waals surface area contributed by atoms with Crippen molar-refractivity contribution >= 4 is 49.1 Å². The Bertz CT molecular complexity index is 632. The Hall–Kier alpha value is -0.710.